The maximum atomic E-state index is 12.5. The molecule has 0 aliphatic carbocycles. The van der Waals surface area contributed by atoms with Crippen molar-refractivity contribution in [2.75, 3.05) is 6.54 Å². The molecule has 0 heterocycles. The fraction of sp³-hybridized carbons (Fsp3) is 0.588. The summed E-state index contributed by atoms with van der Waals surface area (Å²) >= 11 is 0. The summed E-state index contributed by atoms with van der Waals surface area (Å²) in [4.78, 5) is 12.4. The Bertz CT molecular complexity index is 499. The van der Waals surface area contributed by atoms with Crippen LogP contribution in [0, 0.1) is 5.41 Å². The van der Waals surface area contributed by atoms with E-state index < -0.39 is 17.2 Å². The lowest BCUT2D eigenvalue weighted by atomic mass is 9.81. The number of nitrogens with two attached hydrogens (primary N) is 1. The molecule has 1 rings (SSSR count). The number of halogens is 3. The number of hydrogen-bond donors (Lipinski definition) is 2. The lowest BCUT2D eigenvalue weighted by molar-refractivity contribution is -0.137. The van der Waals surface area contributed by atoms with E-state index in [0.717, 1.165) is 17.7 Å². The SMILES string of the molecule is CCC(CC)(CN)C(=O)NC(C)Cc1ccc(C(F)(F)F)cc1. The maximum absolute atomic E-state index is 12.5. The van der Waals surface area contributed by atoms with Crippen LogP contribution < -0.4 is 11.1 Å². The lowest BCUT2D eigenvalue weighted by Gasteiger charge is -2.30. The monoisotopic (exact) mass is 330 g/mol. The van der Waals surface area contributed by atoms with Crippen molar-refractivity contribution in [1.82, 2.24) is 5.32 Å². The molecule has 0 aliphatic rings. The van der Waals surface area contributed by atoms with Crippen molar-refractivity contribution in [3.8, 4) is 0 Å². The zero-order valence-corrected chi connectivity index (χ0v) is 13.8. The summed E-state index contributed by atoms with van der Waals surface area (Å²) in [5.74, 6) is -0.0931. The molecular weight excluding hydrogens is 305 g/mol. The molecule has 0 spiro atoms. The van der Waals surface area contributed by atoms with Crippen LogP contribution >= 0.6 is 0 Å². The van der Waals surface area contributed by atoms with Gasteiger partial charge < -0.3 is 11.1 Å². The highest BCUT2D eigenvalue weighted by Crippen LogP contribution is 2.29. The Morgan fingerprint density at radius 2 is 1.70 bits per heavy atom. The van der Waals surface area contributed by atoms with Crippen LogP contribution in [0.4, 0.5) is 13.2 Å². The van der Waals surface area contributed by atoms with Crippen molar-refractivity contribution in [3.63, 3.8) is 0 Å². The molecular formula is C17H25F3N2O. The minimum Gasteiger partial charge on any atom is -0.353 e. The highest BCUT2D eigenvalue weighted by Gasteiger charge is 2.34. The number of alkyl halides is 3. The third kappa shape index (κ3) is 4.96. The van der Waals surface area contributed by atoms with E-state index in [0.29, 0.717) is 19.3 Å². The molecule has 6 heteroatoms. The van der Waals surface area contributed by atoms with Crippen molar-refractivity contribution >= 4 is 5.91 Å². The number of nitrogens with one attached hydrogen (secondary N) is 1. The Morgan fingerprint density at radius 3 is 2.09 bits per heavy atom. The topological polar surface area (TPSA) is 55.1 Å². The summed E-state index contributed by atoms with van der Waals surface area (Å²) < 4.78 is 37.6. The first kappa shape index (κ1) is 19.5. The summed E-state index contributed by atoms with van der Waals surface area (Å²) in [7, 11) is 0. The fourth-order valence-electron chi connectivity index (χ4n) is 2.56. The number of hydrogen-bond acceptors (Lipinski definition) is 2. The van der Waals surface area contributed by atoms with Crippen LogP contribution in [0.5, 0.6) is 0 Å². The molecule has 0 aliphatic heterocycles. The molecule has 130 valence electrons. The summed E-state index contributed by atoms with van der Waals surface area (Å²) in [6.45, 7) is 5.97. The first-order valence-corrected chi connectivity index (χ1v) is 7.85. The molecule has 1 unspecified atom stereocenters. The maximum Gasteiger partial charge on any atom is 0.416 e. The average Bonchev–Trinajstić information content (AvgIpc) is 2.49. The molecule has 0 fully saturated rings. The van der Waals surface area contributed by atoms with Crippen molar-refractivity contribution < 1.29 is 18.0 Å². The minimum absolute atomic E-state index is 0.0931. The predicted octanol–water partition coefficient (Wildman–Crippen LogP) is 3.52. The van der Waals surface area contributed by atoms with E-state index in [2.05, 4.69) is 5.32 Å². The number of carbonyl (C=O) groups excluding carboxylic acids is 1. The molecule has 1 aromatic rings. The van der Waals surface area contributed by atoms with E-state index in [1.165, 1.54) is 12.1 Å². The molecule has 0 bridgehead atoms. The van der Waals surface area contributed by atoms with Gasteiger partial charge in [-0.05, 0) is 43.9 Å². The highest BCUT2D eigenvalue weighted by molar-refractivity contribution is 5.83. The molecule has 1 aromatic carbocycles. The van der Waals surface area contributed by atoms with Crippen molar-refractivity contribution in [1.29, 1.82) is 0 Å². The predicted molar refractivity (Wildman–Crippen MR) is 84.8 cm³/mol. The van der Waals surface area contributed by atoms with Crippen LogP contribution in [-0.4, -0.2) is 18.5 Å². The second kappa shape index (κ2) is 7.81. The molecule has 3 nitrogen and oxygen atoms in total. The van der Waals surface area contributed by atoms with E-state index in [-0.39, 0.29) is 18.5 Å². The summed E-state index contributed by atoms with van der Waals surface area (Å²) in [6.07, 6.45) is -2.56. The molecule has 0 saturated heterocycles. The van der Waals surface area contributed by atoms with Gasteiger partial charge in [0.25, 0.3) is 0 Å². The number of amides is 1. The lowest BCUT2D eigenvalue weighted by Crippen LogP contribution is -2.48. The zero-order chi connectivity index (χ0) is 17.7. The summed E-state index contributed by atoms with van der Waals surface area (Å²) in [6, 6.07) is 4.84. The van der Waals surface area contributed by atoms with Gasteiger partial charge in [-0.3, -0.25) is 4.79 Å². The molecule has 23 heavy (non-hydrogen) atoms. The molecule has 1 atom stereocenters. The average molecular weight is 330 g/mol. The zero-order valence-electron chi connectivity index (χ0n) is 13.8. The van der Waals surface area contributed by atoms with Gasteiger partial charge in [0.1, 0.15) is 0 Å². The fourth-order valence-corrected chi connectivity index (χ4v) is 2.56. The standard InChI is InChI=1S/C17H25F3N2O/c1-4-16(5-2,11-21)15(23)22-12(3)10-13-6-8-14(9-7-13)17(18,19)20/h6-9,12H,4-5,10-11,21H2,1-3H3,(H,22,23). The molecule has 0 saturated carbocycles. The van der Waals surface area contributed by atoms with Gasteiger partial charge >= 0.3 is 6.18 Å². The second-order valence-corrected chi connectivity index (χ2v) is 5.96. The molecule has 0 radical (unpaired) electrons. The normalized spacial score (nSPS) is 13.7. The van der Waals surface area contributed by atoms with Crippen molar-refractivity contribution in [2.24, 2.45) is 11.1 Å². The third-order valence-electron chi connectivity index (χ3n) is 4.43. The number of rotatable bonds is 7. The van der Waals surface area contributed by atoms with Crippen LogP contribution in [-0.2, 0) is 17.4 Å². The second-order valence-electron chi connectivity index (χ2n) is 5.96. The number of benzene rings is 1. The Morgan fingerprint density at radius 1 is 1.17 bits per heavy atom. The van der Waals surface area contributed by atoms with Gasteiger partial charge in [-0.1, -0.05) is 26.0 Å². The van der Waals surface area contributed by atoms with Crippen LogP contribution in [0.3, 0.4) is 0 Å². The Labute approximate surface area is 135 Å². The first-order chi connectivity index (χ1) is 10.7. The molecule has 0 aromatic heterocycles. The van der Waals surface area contributed by atoms with Crippen LogP contribution in [0.1, 0.15) is 44.7 Å². The van der Waals surface area contributed by atoms with Gasteiger partial charge in [0, 0.05) is 12.6 Å². The third-order valence-corrected chi connectivity index (χ3v) is 4.43. The highest BCUT2D eigenvalue weighted by atomic mass is 19.4. The van der Waals surface area contributed by atoms with E-state index in [4.69, 9.17) is 5.73 Å². The van der Waals surface area contributed by atoms with Crippen LogP contribution in [0.15, 0.2) is 24.3 Å². The van der Waals surface area contributed by atoms with Gasteiger partial charge in [0.2, 0.25) is 5.91 Å². The largest absolute Gasteiger partial charge is 0.416 e. The van der Waals surface area contributed by atoms with E-state index in [1.807, 2.05) is 20.8 Å². The molecule has 3 N–H and O–H groups in total. The smallest absolute Gasteiger partial charge is 0.353 e. The Hall–Kier alpha value is -1.56. The van der Waals surface area contributed by atoms with Crippen LogP contribution in [0.2, 0.25) is 0 Å². The van der Waals surface area contributed by atoms with Gasteiger partial charge in [-0.15, -0.1) is 0 Å². The molecule has 1 amide bonds. The quantitative estimate of drug-likeness (QED) is 0.804. The minimum atomic E-state index is -4.33. The van der Waals surface area contributed by atoms with Gasteiger partial charge in [-0.2, -0.15) is 13.2 Å². The van der Waals surface area contributed by atoms with E-state index in [9.17, 15) is 18.0 Å². The van der Waals surface area contributed by atoms with Crippen molar-refractivity contribution in [2.45, 2.75) is 52.3 Å². The van der Waals surface area contributed by atoms with Gasteiger partial charge in [0.05, 0.1) is 11.0 Å². The first-order valence-electron chi connectivity index (χ1n) is 7.85. The summed E-state index contributed by atoms with van der Waals surface area (Å²) in [5, 5.41) is 2.93. The van der Waals surface area contributed by atoms with Crippen LogP contribution in [0.25, 0.3) is 0 Å². The van der Waals surface area contributed by atoms with Crippen molar-refractivity contribution in [3.05, 3.63) is 35.4 Å². The summed E-state index contributed by atoms with van der Waals surface area (Å²) in [5.41, 5.74) is 5.25. The van der Waals surface area contributed by atoms with E-state index in [1.54, 1.807) is 0 Å². The Balaban J connectivity index is 2.70. The van der Waals surface area contributed by atoms with Gasteiger partial charge in [0.15, 0.2) is 0 Å². The Kier molecular flexibility index (Phi) is 6.62. The van der Waals surface area contributed by atoms with E-state index >= 15 is 0 Å². The van der Waals surface area contributed by atoms with Gasteiger partial charge in [-0.25, -0.2) is 0 Å². The number of carbonyl (C=O) groups is 1.